The normalized spacial score (nSPS) is 11.8. The summed E-state index contributed by atoms with van der Waals surface area (Å²) < 4.78 is 47.4. The van der Waals surface area contributed by atoms with Crippen molar-refractivity contribution >= 4 is 16.9 Å². The highest BCUT2D eigenvalue weighted by Crippen LogP contribution is 2.31. The summed E-state index contributed by atoms with van der Waals surface area (Å²) in [4.78, 5) is 11.0. The van der Waals surface area contributed by atoms with Crippen molar-refractivity contribution in [3.8, 4) is 17.0 Å². The highest BCUT2D eigenvalue weighted by Gasteiger charge is 2.30. The van der Waals surface area contributed by atoms with Crippen LogP contribution < -0.4 is 4.74 Å². The fraction of sp³-hybridized carbons (Fsp3) is 0.217. The van der Waals surface area contributed by atoms with Gasteiger partial charge in [0.1, 0.15) is 12.3 Å². The fourth-order valence-electron chi connectivity index (χ4n) is 3.52. The van der Waals surface area contributed by atoms with E-state index in [0.717, 1.165) is 28.7 Å². The van der Waals surface area contributed by atoms with Crippen molar-refractivity contribution in [2.45, 2.75) is 19.1 Å². The molecule has 1 N–H and O–H groups in total. The standard InChI is InChI=1S/C23H20F3N3O3/c1-28-18(12-20(27-28)15-2-5-17(6-3-15)23(24,25)26)9-11-32-19-7-4-16-8-10-29(14-22(30)31)21(16)13-19/h2-8,10,12-13H,9,11,14H2,1H3,(H,30,31). The molecule has 0 aliphatic rings. The third kappa shape index (κ3) is 4.61. The number of hydrogen-bond donors (Lipinski definition) is 1. The monoisotopic (exact) mass is 443 g/mol. The van der Waals surface area contributed by atoms with Crippen molar-refractivity contribution in [3.05, 3.63) is 72.1 Å². The van der Waals surface area contributed by atoms with E-state index in [1.807, 2.05) is 24.3 Å². The molecule has 0 radical (unpaired) electrons. The van der Waals surface area contributed by atoms with Gasteiger partial charge in [0.15, 0.2) is 0 Å². The Labute approximate surface area is 181 Å². The zero-order valence-corrected chi connectivity index (χ0v) is 17.1. The van der Waals surface area contributed by atoms with Gasteiger partial charge in [-0.25, -0.2) is 0 Å². The van der Waals surface area contributed by atoms with E-state index in [-0.39, 0.29) is 6.54 Å². The van der Waals surface area contributed by atoms with Gasteiger partial charge in [-0.3, -0.25) is 9.48 Å². The highest BCUT2D eigenvalue weighted by atomic mass is 19.4. The lowest BCUT2D eigenvalue weighted by Crippen LogP contribution is -2.08. The predicted molar refractivity (Wildman–Crippen MR) is 112 cm³/mol. The highest BCUT2D eigenvalue weighted by molar-refractivity contribution is 5.83. The van der Waals surface area contributed by atoms with Gasteiger partial charge in [-0.15, -0.1) is 0 Å². The van der Waals surface area contributed by atoms with Gasteiger partial charge in [-0.05, 0) is 41.8 Å². The lowest BCUT2D eigenvalue weighted by Gasteiger charge is -2.08. The van der Waals surface area contributed by atoms with Gasteiger partial charge >= 0.3 is 12.1 Å². The summed E-state index contributed by atoms with van der Waals surface area (Å²) in [5.41, 5.74) is 2.14. The predicted octanol–water partition coefficient (Wildman–Crippen LogP) is 4.77. The number of rotatable bonds is 7. The van der Waals surface area contributed by atoms with E-state index in [4.69, 9.17) is 9.84 Å². The van der Waals surface area contributed by atoms with Crippen LogP contribution in [0.15, 0.2) is 60.8 Å². The van der Waals surface area contributed by atoms with Crippen molar-refractivity contribution in [2.24, 2.45) is 7.05 Å². The number of aliphatic carboxylic acids is 1. The Bertz CT molecular complexity index is 1260. The topological polar surface area (TPSA) is 69.3 Å². The van der Waals surface area contributed by atoms with Crippen LogP contribution in [-0.4, -0.2) is 32.0 Å². The second kappa shape index (κ2) is 8.41. The molecule has 0 saturated heterocycles. The number of carboxylic acid groups (broad SMARTS) is 1. The van der Waals surface area contributed by atoms with Gasteiger partial charge in [0, 0.05) is 37.0 Å². The first-order chi connectivity index (χ1) is 15.2. The molecule has 4 rings (SSSR count). The van der Waals surface area contributed by atoms with Crippen molar-refractivity contribution in [1.82, 2.24) is 14.3 Å². The molecule has 0 spiro atoms. The van der Waals surface area contributed by atoms with E-state index in [1.54, 1.807) is 28.6 Å². The number of fused-ring (bicyclic) bond motifs is 1. The van der Waals surface area contributed by atoms with Gasteiger partial charge in [0.25, 0.3) is 0 Å². The summed E-state index contributed by atoms with van der Waals surface area (Å²) in [5, 5.41) is 14.3. The van der Waals surface area contributed by atoms with E-state index in [2.05, 4.69) is 5.10 Å². The molecule has 2 aromatic carbocycles. The molecule has 4 aromatic rings. The first kappa shape index (κ1) is 21.5. The van der Waals surface area contributed by atoms with Crippen LogP contribution in [0.25, 0.3) is 22.2 Å². The Hall–Kier alpha value is -3.75. The molecule has 166 valence electrons. The molecule has 0 amide bonds. The maximum atomic E-state index is 12.8. The quantitative estimate of drug-likeness (QED) is 0.447. The summed E-state index contributed by atoms with van der Waals surface area (Å²) in [6.07, 6.45) is -2.11. The van der Waals surface area contributed by atoms with Crippen LogP contribution >= 0.6 is 0 Å². The summed E-state index contributed by atoms with van der Waals surface area (Å²) in [5.74, 6) is -0.304. The lowest BCUT2D eigenvalue weighted by atomic mass is 10.1. The van der Waals surface area contributed by atoms with E-state index in [9.17, 15) is 18.0 Å². The molecule has 0 atom stereocenters. The molecule has 0 aliphatic carbocycles. The van der Waals surface area contributed by atoms with Crippen LogP contribution in [0, 0.1) is 0 Å². The molecular weight excluding hydrogens is 423 g/mol. The number of aromatic nitrogens is 3. The number of aryl methyl sites for hydroxylation is 1. The number of nitrogens with zero attached hydrogens (tertiary/aromatic N) is 3. The Balaban J connectivity index is 1.42. The van der Waals surface area contributed by atoms with Crippen LogP contribution in [0.5, 0.6) is 5.75 Å². The molecule has 6 nitrogen and oxygen atoms in total. The maximum absolute atomic E-state index is 12.8. The van der Waals surface area contributed by atoms with Crippen LogP contribution in [0.3, 0.4) is 0 Å². The molecule has 0 unspecified atom stereocenters. The summed E-state index contributed by atoms with van der Waals surface area (Å²) in [6.45, 7) is 0.228. The maximum Gasteiger partial charge on any atom is 0.416 e. The largest absolute Gasteiger partial charge is 0.493 e. The van der Waals surface area contributed by atoms with Crippen molar-refractivity contribution in [1.29, 1.82) is 0 Å². The Kier molecular flexibility index (Phi) is 5.65. The number of benzene rings is 2. The average Bonchev–Trinajstić information content (AvgIpc) is 3.30. The molecular formula is C23H20F3N3O3. The molecule has 9 heteroatoms. The van der Waals surface area contributed by atoms with E-state index in [1.165, 1.54) is 12.1 Å². The van der Waals surface area contributed by atoms with Crippen molar-refractivity contribution in [2.75, 3.05) is 6.61 Å². The fourth-order valence-corrected chi connectivity index (χ4v) is 3.52. The Morgan fingerprint density at radius 3 is 2.53 bits per heavy atom. The molecule has 2 aromatic heterocycles. The summed E-state index contributed by atoms with van der Waals surface area (Å²) in [6, 6.07) is 14.1. The van der Waals surface area contributed by atoms with Crippen LogP contribution in [0.2, 0.25) is 0 Å². The third-order valence-corrected chi connectivity index (χ3v) is 5.16. The van der Waals surface area contributed by atoms with Crippen molar-refractivity contribution < 1.29 is 27.8 Å². The van der Waals surface area contributed by atoms with E-state index in [0.29, 0.717) is 30.0 Å². The molecule has 0 saturated carbocycles. The minimum Gasteiger partial charge on any atom is -0.493 e. The zero-order valence-electron chi connectivity index (χ0n) is 17.1. The minimum absolute atomic E-state index is 0.130. The zero-order chi connectivity index (χ0) is 22.9. The molecule has 0 aliphatic heterocycles. The number of alkyl halides is 3. The first-order valence-corrected chi connectivity index (χ1v) is 9.85. The number of carbonyl (C=O) groups is 1. The molecule has 32 heavy (non-hydrogen) atoms. The second-order valence-electron chi connectivity index (χ2n) is 7.38. The molecule has 2 heterocycles. The van der Waals surface area contributed by atoms with Crippen LogP contribution in [0.4, 0.5) is 13.2 Å². The number of carboxylic acids is 1. The van der Waals surface area contributed by atoms with Gasteiger partial charge < -0.3 is 14.4 Å². The number of ether oxygens (including phenoxy) is 1. The molecule has 0 fully saturated rings. The van der Waals surface area contributed by atoms with Gasteiger partial charge in [0.05, 0.1) is 23.4 Å². The number of hydrogen-bond acceptors (Lipinski definition) is 3. The number of halogens is 3. The average molecular weight is 443 g/mol. The lowest BCUT2D eigenvalue weighted by molar-refractivity contribution is -0.138. The van der Waals surface area contributed by atoms with Crippen LogP contribution in [0.1, 0.15) is 11.3 Å². The second-order valence-corrected chi connectivity index (χ2v) is 7.38. The minimum atomic E-state index is -4.37. The summed E-state index contributed by atoms with van der Waals surface area (Å²) >= 11 is 0. The third-order valence-electron chi connectivity index (χ3n) is 5.16. The summed E-state index contributed by atoms with van der Waals surface area (Å²) in [7, 11) is 1.77. The van der Waals surface area contributed by atoms with Crippen LogP contribution in [-0.2, 0) is 31.0 Å². The van der Waals surface area contributed by atoms with Gasteiger partial charge in [0.2, 0.25) is 0 Å². The van der Waals surface area contributed by atoms with Gasteiger partial charge in [-0.1, -0.05) is 12.1 Å². The van der Waals surface area contributed by atoms with E-state index >= 15 is 0 Å². The SMILES string of the molecule is Cn1nc(-c2ccc(C(F)(F)F)cc2)cc1CCOc1ccc2ccn(CC(=O)O)c2c1. The Morgan fingerprint density at radius 2 is 1.84 bits per heavy atom. The van der Waals surface area contributed by atoms with Gasteiger partial charge in [-0.2, -0.15) is 18.3 Å². The van der Waals surface area contributed by atoms with E-state index < -0.39 is 17.7 Å². The van der Waals surface area contributed by atoms with Crippen molar-refractivity contribution in [3.63, 3.8) is 0 Å². The first-order valence-electron chi connectivity index (χ1n) is 9.85. The smallest absolute Gasteiger partial charge is 0.416 e. The molecule has 0 bridgehead atoms. The Morgan fingerprint density at radius 1 is 1.09 bits per heavy atom.